The summed E-state index contributed by atoms with van der Waals surface area (Å²) in [5.41, 5.74) is -0.0305. The predicted molar refractivity (Wildman–Crippen MR) is 75.0 cm³/mol. The number of rotatable bonds is 3. The number of nitrogens with one attached hydrogen (secondary N) is 2. The number of aromatic nitrogens is 2. The average molecular weight is 291 g/mol. The van der Waals surface area contributed by atoms with Crippen molar-refractivity contribution in [2.24, 2.45) is 5.92 Å². The van der Waals surface area contributed by atoms with Crippen molar-refractivity contribution in [3.63, 3.8) is 0 Å². The number of hydrogen-bond donors (Lipinski definition) is 3. The second-order valence-corrected chi connectivity index (χ2v) is 5.41. The highest BCUT2D eigenvalue weighted by Gasteiger charge is 2.27. The van der Waals surface area contributed by atoms with Gasteiger partial charge >= 0.3 is 0 Å². The van der Waals surface area contributed by atoms with Gasteiger partial charge < -0.3 is 19.8 Å². The van der Waals surface area contributed by atoms with Crippen LogP contribution in [0.1, 0.15) is 35.4 Å². The maximum Gasteiger partial charge on any atom is 0.262 e. The molecular weight excluding hydrogens is 274 g/mol. The van der Waals surface area contributed by atoms with E-state index >= 15 is 0 Å². The largest absolute Gasteiger partial charge is 0.442 e. The number of fused-ring (bicyclic) bond motifs is 1. The van der Waals surface area contributed by atoms with Crippen LogP contribution in [0.15, 0.2) is 15.5 Å². The SMILES string of the molecule is Cc1oc2nc[nH]c(=O)c2c1C(=O)NCC1CCCC1O. The van der Waals surface area contributed by atoms with E-state index in [0.29, 0.717) is 12.3 Å². The van der Waals surface area contributed by atoms with E-state index in [0.717, 1.165) is 19.3 Å². The van der Waals surface area contributed by atoms with E-state index in [9.17, 15) is 14.7 Å². The molecule has 1 saturated carbocycles. The van der Waals surface area contributed by atoms with Crippen molar-refractivity contribution in [1.82, 2.24) is 15.3 Å². The summed E-state index contributed by atoms with van der Waals surface area (Å²) in [5.74, 6) is 0.0614. The zero-order valence-corrected chi connectivity index (χ0v) is 11.7. The number of aliphatic hydroxyl groups is 1. The number of H-pyrrole nitrogens is 1. The van der Waals surface area contributed by atoms with E-state index in [2.05, 4.69) is 15.3 Å². The molecule has 1 aliphatic carbocycles. The van der Waals surface area contributed by atoms with Gasteiger partial charge in [0, 0.05) is 12.5 Å². The van der Waals surface area contributed by atoms with Crippen LogP contribution in [0.2, 0.25) is 0 Å². The van der Waals surface area contributed by atoms with Crippen molar-refractivity contribution in [3.8, 4) is 0 Å². The van der Waals surface area contributed by atoms with Gasteiger partial charge in [-0.05, 0) is 19.8 Å². The van der Waals surface area contributed by atoms with Gasteiger partial charge in [0.15, 0.2) is 0 Å². The molecule has 0 bridgehead atoms. The highest BCUT2D eigenvalue weighted by atomic mass is 16.3. The van der Waals surface area contributed by atoms with E-state index in [4.69, 9.17) is 4.42 Å². The molecule has 2 heterocycles. The normalized spacial score (nSPS) is 21.8. The van der Waals surface area contributed by atoms with Crippen molar-refractivity contribution < 1.29 is 14.3 Å². The van der Waals surface area contributed by atoms with Crippen LogP contribution in [0.4, 0.5) is 0 Å². The van der Waals surface area contributed by atoms with E-state index < -0.39 is 5.56 Å². The molecule has 0 aliphatic heterocycles. The lowest BCUT2D eigenvalue weighted by molar-refractivity contribution is 0.0916. The van der Waals surface area contributed by atoms with Crippen LogP contribution < -0.4 is 10.9 Å². The Morgan fingerprint density at radius 1 is 1.57 bits per heavy atom. The molecule has 1 fully saturated rings. The summed E-state index contributed by atoms with van der Waals surface area (Å²) in [6.07, 6.45) is 3.52. The average Bonchev–Trinajstić information content (AvgIpc) is 3.00. The lowest BCUT2D eigenvalue weighted by atomic mass is 10.1. The molecular formula is C14H17N3O4. The molecule has 0 radical (unpaired) electrons. The minimum atomic E-state index is -0.400. The number of hydrogen-bond acceptors (Lipinski definition) is 5. The Kier molecular flexibility index (Phi) is 3.50. The summed E-state index contributed by atoms with van der Waals surface area (Å²) in [5, 5.41) is 12.7. The Hall–Kier alpha value is -2.15. The summed E-state index contributed by atoms with van der Waals surface area (Å²) < 4.78 is 5.35. The van der Waals surface area contributed by atoms with Crippen LogP contribution in [0.25, 0.3) is 11.1 Å². The van der Waals surface area contributed by atoms with Gasteiger partial charge in [0.05, 0.1) is 18.0 Å². The number of carbonyl (C=O) groups is 1. The van der Waals surface area contributed by atoms with Gasteiger partial charge in [-0.25, -0.2) is 4.98 Å². The molecule has 2 aromatic heterocycles. The molecule has 1 amide bonds. The smallest absolute Gasteiger partial charge is 0.262 e. The van der Waals surface area contributed by atoms with E-state index in [1.807, 2.05) is 0 Å². The Bertz CT molecular complexity index is 733. The first-order valence-electron chi connectivity index (χ1n) is 7.01. The predicted octanol–water partition coefficient (Wildman–Crippen LogP) is 0.715. The van der Waals surface area contributed by atoms with Crippen LogP contribution in [0.3, 0.4) is 0 Å². The molecule has 7 heteroatoms. The van der Waals surface area contributed by atoms with Gasteiger partial charge in [0.25, 0.3) is 11.5 Å². The number of nitrogens with zero attached hydrogens (tertiary/aromatic N) is 1. The molecule has 0 aromatic carbocycles. The molecule has 2 aromatic rings. The third kappa shape index (κ3) is 2.44. The second kappa shape index (κ2) is 5.33. The summed E-state index contributed by atoms with van der Waals surface area (Å²) in [6, 6.07) is 0. The standard InChI is InChI=1S/C14H17N3O4/c1-7-10(11-13(20)16-6-17-14(11)21-7)12(19)15-5-8-3-2-4-9(8)18/h6,8-9,18H,2-5H2,1H3,(H,15,19)(H,16,17,20). The Morgan fingerprint density at radius 3 is 3.10 bits per heavy atom. The van der Waals surface area contributed by atoms with Crippen molar-refractivity contribution in [2.45, 2.75) is 32.3 Å². The zero-order chi connectivity index (χ0) is 15.0. The van der Waals surface area contributed by atoms with Crippen molar-refractivity contribution >= 4 is 17.0 Å². The minimum absolute atomic E-state index is 0.0730. The maximum absolute atomic E-state index is 12.3. The third-order valence-corrected chi connectivity index (χ3v) is 4.04. The van der Waals surface area contributed by atoms with Gasteiger partial charge in [0.1, 0.15) is 11.1 Å². The highest BCUT2D eigenvalue weighted by Crippen LogP contribution is 2.25. The highest BCUT2D eigenvalue weighted by molar-refractivity contribution is 6.06. The van der Waals surface area contributed by atoms with Crippen LogP contribution in [-0.2, 0) is 0 Å². The van der Waals surface area contributed by atoms with E-state index in [1.54, 1.807) is 6.92 Å². The number of carbonyl (C=O) groups excluding carboxylic acids is 1. The molecule has 1 aliphatic rings. The van der Waals surface area contributed by atoms with Crippen LogP contribution in [0.5, 0.6) is 0 Å². The van der Waals surface area contributed by atoms with Gasteiger partial charge in [-0.3, -0.25) is 9.59 Å². The summed E-state index contributed by atoms with van der Waals surface area (Å²) in [4.78, 5) is 30.5. The molecule has 112 valence electrons. The number of amides is 1. The lowest BCUT2D eigenvalue weighted by Crippen LogP contribution is -2.33. The first kappa shape index (κ1) is 13.8. The zero-order valence-electron chi connectivity index (χ0n) is 11.7. The van der Waals surface area contributed by atoms with Crippen LogP contribution in [-0.4, -0.2) is 33.6 Å². The molecule has 21 heavy (non-hydrogen) atoms. The van der Waals surface area contributed by atoms with Crippen molar-refractivity contribution in [2.75, 3.05) is 6.54 Å². The molecule has 2 unspecified atom stereocenters. The maximum atomic E-state index is 12.3. The number of aliphatic hydroxyl groups excluding tert-OH is 1. The topological polar surface area (TPSA) is 108 Å². The number of aromatic amines is 1. The quantitative estimate of drug-likeness (QED) is 0.772. The number of aryl methyl sites for hydroxylation is 1. The molecule has 2 atom stereocenters. The fraction of sp³-hybridized carbons (Fsp3) is 0.500. The first-order chi connectivity index (χ1) is 10.1. The summed E-state index contributed by atoms with van der Waals surface area (Å²) >= 11 is 0. The van der Waals surface area contributed by atoms with Crippen LogP contribution >= 0.6 is 0 Å². The van der Waals surface area contributed by atoms with Gasteiger partial charge in [0.2, 0.25) is 5.71 Å². The van der Waals surface area contributed by atoms with Gasteiger partial charge in [-0.15, -0.1) is 0 Å². The Labute approximate surface area is 120 Å². The second-order valence-electron chi connectivity index (χ2n) is 5.41. The third-order valence-electron chi connectivity index (χ3n) is 4.04. The van der Waals surface area contributed by atoms with Gasteiger partial charge in [-0.1, -0.05) is 6.42 Å². The van der Waals surface area contributed by atoms with E-state index in [-0.39, 0.29) is 34.6 Å². The monoisotopic (exact) mass is 291 g/mol. The molecule has 3 N–H and O–H groups in total. The van der Waals surface area contributed by atoms with Gasteiger partial charge in [-0.2, -0.15) is 0 Å². The number of furan rings is 1. The Balaban J connectivity index is 1.84. The summed E-state index contributed by atoms with van der Waals surface area (Å²) in [7, 11) is 0. The molecule has 7 nitrogen and oxygen atoms in total. The van der Waals surface area contributed by atoms with Crippen LogP contribution in [0, 0.1) is 12.8 Å². The van der Waals surface area contributed by atoms with Crippen molar-refractivity contribution in [1.29, 1.82) is 0 Å². The summed E-state index contributed by atoms with van der Waals surface area (Å²) in [6.45, 7) is 2.02. The van der Waals surface area contributed by atoms with Crippen molar-refractivity contribution in [3.05, 3.63) is 28.0 Å². The lowest BCUT2D eigenvalue weighted by Gasteiger charge is -2.14. The Morgan fingerprint density at radius 2 is 2.38 bits per heavy atom. The fourth-order valence-corrected chi connectivity index (χ4v) is 2.89. The minimum Gasteiger partial charge on any atom is -0.442 e. The molecule has 3 rings (SSSR count). The molecule has 0 spiro atoms. The molecule has 0 saturated heterocycles. The fourth-order valence-electron chi connectivity index (χ4n) is 2.89. The van der Waals surface area contributed by atoms with E-state index in [1.165, 1.54) is 6.33 Å². The first-order valence-corrected chi connectivity index (χ1v) is 7.01.